The lowest BCUT2D eigenvalue weighted by atomic mass is 10.3. The van der Waals surface area contributed by atoms with Crippen molar-refractivity contribution in [2.45, 2.75) is 17.9 Å². The molecule has 0 spiro atoms. The van der Waals surface area contributed by atoms with Gasteiger partial charge >= 0.3 is 0 Å². The van der Waals surface area contributed by atoms with Crippen LogP contribution in [-0.2, 0) is 10.0 Å². The third-order valence-electron chi connectivity index (χ3n) is 2.44. The molecule has 7 nitrogen and oxygen atoms in total. The Balaban J connectivity index is 2.30. The number of sulfonamides is 1. The summed E-state index contributed by atoms with van der Waals surface area (Å²) in [5.41, 5.74) is 5.88. The fourth-order valence-electron chi connectivity index (χ4n) is 1.52. The average Bonchev–Trinajstić information content (AvgIpc) is 2.85. The fourth-order valence-corrected chi connectivity index (χ4v) is 3.39. The van der Waals surface area contributed by atoms with E-state index in [1.807, 2.05) is 0 Å². The molecule has 9 heteroatoms. The minimum Gasteiger partial charge on any atom is -0.398 e. The van der Waals surface area contributed by atoms with Crippen LogP contribution in [0.25, 0.3) is 0 Å². The van der Waals surface area contributed by atoms with E-state index in [0.29, 0.717) is 10.3 Å². The van der Waals surface area contributed by atoms with Crippen LogP contribution < -0.4 is 10.5 Å². The van der Waals surface area contributed by atoms with Crippen LogP contribution in [0.3, 0.4) is 0 Å². The zero-order valence-electron chi connectivity index (χ0n) is 9.96. The lowest BCUT2D eigenvalue weighted by Crippen LogP contribution is -2.28. The maximum atomic E-state index is 12.2. The predicted octanol–water partition coefficient (Wildman–Crippen LogP) is 1.19. The summed E-state index contributed by atoms with van der Waals surface area (Å²) in [6.45, 7) is 1.66. The Morgan fingerprint density at radius 2 is 2.21 bits per heavy atom. The molecule has 0 saturated heterocycles. The lowest BCUT2D eigenvalue weighted by Gasteiger charge is -2.13. The van der Waals surface area contributed by atoms with Crippen molar-refractivity contribution in [1.82, 2.24) is 19.9 Å². The zero-order chi connectivity index (χ0) is 14.0. The van der Waals surface area contributed by atoms with Crippen LogP contribution >= 0.6 is 15.9 Å². The van der Waals surface area contributed by atoms with E-state index in [9.17, 15) is 8.42 Å². The molecule has 2 rings (SSSR count). The molecule has 1 unspecified atom stereocenters. The van der Waals surface area contributed by atoms with Crippen molar-refractivity contribution in [3.8, 4) is 0 Å². The highest BCUT2D eigenvalue weighted by atomic mass is 79.9. The minimum atomic E-state index is -3.73. The highest BCUT2D eigenvalue weighted by Crippen LogP contribution is 2.24. The van der Waals surface area contributed by atoms with Crippen molar-refractivity contribution in [3.05, 3.63) is 34.8 Å². The molecule has 0 amide bonds. The van der Waals surface area contributed by atoms with E-state index in [1.165, 1.54) is 18.5 Å². The molecule has 0 radical (unpaired) electrons. The molecule has 0 fully saturated rings. The van der Waals surface area contributed by atoms with E-state index in [-0.39, 0.29) is 10.6 Å². The normalized spacial score (nSPS) is 13.4. The van der Waals surface area contributed by atoms with Gasteiger partial charge in [-0.05, 0) is 25.1 Å². The quantitative estimate of drug-likeness (QED) is 0.720. The van der Waals surface area contributed by atoms with Gasteiger partial charge in [-0.2, -0.15) is 5.10 Å². The molecule has 0 aliphatic rings. The molecule has 1 aromatic carbocycles. The molecule has 19 heavy (non-hydrogen) atoms. The SMILES string of the molecule is CC(NS(=O)(=O)c1cc(Br)ccc1N)c1ncn[nH]1. The number of nitrogens with zero attached hydrogens (tertiary/aromatic N) is 2. The Hall–Kier alpha value is -1.45. The Kier molecular flexibility index (Phi) is 3.88. The largest absolute Gasteiger partial charge is 0.398 e. The summed E-state index contributed by atoms with van der Waals surface area (Å²) in [7, 11) is -3.73. The van der Waals surface area contributed by atoms with Crippen molar-refractivity contribution in [1.29, 1.82) is 0 Å². The number of nitrogen functional groups attached to an aromatic ring is 1. The number of rotatable bonds is 4. The predicted molar refractivity (Wildman–Crippen MR) is 73.7 cm³/mol. The Morgan fingerprint density at radius 1 is 1.47 bits per heavy atom. The van der Waals surface area contributed by atoms with Crippen molar-refractivity contribution in [2.24, 2.45) is 0 Å². The van der Waals surface area contributed by atoms with Gasteiger partial charge in [0.05, 0.1) is 11.7 Å². The number of anilines is 1. The van der Waals surface area contributed by atoms with Crippen LogP contribution in [0.15, 0.2) is 33.9 Å². The third kappa shape index (κ3) is 3.11. The molecule has 1 atom stereocenters. The number of nitrogens with one attached hydrogen (secondary N) is 2. The summed E-state index contributed by atoms with van der Waals surface area (Å²) < 4.78 is 27.6. The van der Waals surface area contributed by atoms with Gasteiger partial charge in [-0.3, -0.25) is 5.10 Å². The molecular weight excluding hydrogens is 334 g/mol. The Morgan fingerprint density at radius 3 is 2.84 bits per heavy atom. The monoisotopic (exact) mass is 345 g/mol. The van der Waals surface area contributed by atoms with Crippen LogP contribution in [-0.4, -0.2) is 23.6 Å². The van der Waals surface area contributed by atoms with Gasteiger partial charge < -0.3 is 5.73 Å². The molecule has 0 bridgehead atoms. The summed E-state index contributed by atoms with van der Waals surface area (Å²) in [6.07, 6.45) is 1.31. The van der Waals surface area contributed by atoms with Crippen LogP contribution in [0.4, 0.5) is 5.69 Å². The maximum Gasteiger partial charge on any atom is 0.243 e. The van der Waals surface area contributed by atoms with E-state index < -0.39 is 16.1 Å². The van der Waals surface area contributed by atoms with Crippen LogP contribution in [0.1, 0.15) is 18.8 Å². The van der Waals surface area contributed by atoms with Crippen LogP contribution in [0.5, 0.6) is 0 Å². The van der Waals surface area contributed by atoms with Crippen LogP contribution in [0.2, 0.25) is 0 Å². The summed E-state index contributed by atoms with van der Waals surface area (Å²) >= 11 is 3.22. The van der Waals surface area contributed by atoms with E-state index in [2.05, 4.69) is 35.8 Å². The second-order valence-corrected chi connectivity index (χ2v) is 6.49. The van der Waals surface area contributed by atoms with E-state index >= 15 is 0 Å². The number of halogens is 1. The minimum absolute atomic E-state index is 0.0215. The third-order valence-corrected chi connectivity index (χ3v) is 4.53. The van der Waals surface area contributed by atoms with Gasteiger partial charge in [0.1, 0.15) is 17.0 Å². The smallest absolute Gasteiger partial charge is 0.243 e. The molecule has 2 aromatic rings. The number of hydrogen-bond donors (Lipinski definition) is 3. The van der Waals surface area contributed by atoms with Gasteiger partial charge in [0, 0.05) is 4.47 Å². The molecule has 0 aliphatic heterocycles. The molecule has 0 saturated carbocycles. The van der Waals surface area contributed by atoms with Gasteiger partial charge in [-0.25, -0.2) is 18.1 Å². The molecule has 4 N–H and O–H groups in total. The lowest BCUT2D eigenvalue weighted by molar-refractivity contribution is 0.560. The van der Waals surface area contributed by atoms with E-state index in [1.54, 1.807) is 13.0 Å². The summed E-state index contributed by atoms with van der Waals surface area (Å²) in [5, 5.41) is 6.28. The van der Waals surface area contributed by atoms with Gasteiger partial charge in [0.25, 0.3) is 0 Å². The Bertz CT molecular complexity index is 671. The highest BCUT2D eigenvalue weighted by Gasteiger charge is 2.22. The Labute approximate surface area is 118 Å². The fraction of sp³-hybridized carbons (Fsp3) is 0.200. The van der Waals surface area contributed by atoms with Crippen molar-refractivity contribution in [3.63, 3.8) is 0 Å². The first kappa shape index (κ1) is 14.0. The van der Waals surface area contributed by atoms with Gasteiger partial charge in [0.2, 0.25) is 10.0 Å². The molecule has 102 valence electrons. The number of benzene rings is 1. The summed E-state index contributed by atoms with van der Waals surface area (Å²) in [6, 6.07) is 4.11. The average molecular weight is 346 g/mol. The van der Waals surface area contributed by atoms with Gasteiger partial charge in [-0.15, -0.1) is 0 Å². The summed E-state index contributed by atoms with van der Waals surface area (Å²) in [4.78, 5) is 3.92. The summed E-state index contributed by atoms with van der Waals surface area (Å²) in [5.74, 6) is 0.428. The van der Waals surface area contributed by atoms with E-state index in [0.717, 1.165) is 0 Å². The van der Waals surface area contributed by atoms with Gasteiger partial charge in [0.15, 0.2) is 0 Å². The van der Waals surface area contributed by atoms with Crippen molar-refractivity contribution >= 4 is 31.6 Å². The van der Waals surface area contributed by atoms with E-state index in [4.69, 9.17) is 5.73 Å². The first-order valence-corrected chi connectivity index (χ1v) is 7.60. The van der Waals surface area contributed by atoms with Crippen molar-refractivity contribution in [2.75, 3.05) is 5.73 Å². The number of nitrogens with two attached hydrogens (primary N) is 1. The molecular formula is C10H12BrN5O2S. The maximum absolute atomic E-state index is 12.2. The molecule has 1 aromatic heterocycles. The second-order valence-electron chi connectivity index (χ2n) is 3.90. The number of aromatic nitrogens is 3. The number of H-pyrrole nitrogens is 1. The number of hydrogen-bond acceptors (Lipinski definition) is 5. The van der Waals surface area contributed by atoms with Crippen LogP contribution in [0, 0.1) is 0 Å². The molecule has 1 heterocycles. The second kappa shape index (κ2) is 5.27. The van der Waals surface area contributed by atoms with Crippen molar-refractivity contribution < 1.29 is 8.42 Å². The first-order chi connectivity index (χ1) is 8.90. The highest BCUT2D eigenvalue weighted by molar-refractivity contribution is 9.10. The standard InChI is InChI=1S/C10H12BrN5O2S/c1-6(10-13-5-14-15-10)16-19(17,18)9-4-7(11)2-3-8(9)12/h2-6,16H,12H2,1H3,(H,13,14,15). The topological polar surface area (TPSA) is 114 Å². The van der Waals surface area contributed by atoms with Gasteiger partial charge in [-0.1, -0.05) is 15.9 Å². The molecule has 0 aliphatic carbocycles. The zero-order valence-corrected chi connectivity index (χ0v) is 12.4. The number of aromatic amines is 1. The first-order valence-electron chi connectivity index (χ1n) is 5.33.